The van der Waals surface area contributed by atoms with Crippen molar-refractivity contribution in [1.29, 1.82) is 0 Å². The minimum atomic E-state index is -0.461. The average Bonchev–Trinajstić information content (AvgIpc) is 2.10. The molecule has 0 saturated heterocycles. The summed E-state index contributed by atoms with van der Waals surface area (Å²) in [5, 5.41) is 21.4. The molecule has 16 heavy (non-hydrogen) atoms. The maximum atomic E-state index is 11.0. The van der Waals surface area contributed by atoms with Crippen molar-refractivity contribution in [1.82, 2.24) is 0 Å². The molecule has 0 radical (unpaired) electrons. The second kappa shape index (κ2) is 3.23. The van der Waals surface area contributed by atoms with Crippen molar-refractivity contribution < 1.29 is 10.2 Å². The maximum absolute atomic E-state index is 11.0. The van der Waals surface area contributed by atoms with E-state index in [9.17, 15) is 10.2 Å². The molecule has 0 aromatic carbocycles. The standard InChI is InChI=1S/C14H24O2/c1-9(2)5-14(16)11-3-10-4-12(14)8-13(15,6-10)7-11/h9-12,15-16H,3-8H2,1-2H3. The third kappa shape index (κ3) is 1.46. The van der Waals surface area contributed by atoms with Gasteiger partial charge < -0.3 is 10.2 Å². The first kappa shape index (κ1) is 11.0. The van der Waals surface area contributed by atoms with E-state index in [2.05, 4.69) is 13.8 Å². The van der Waals surface area contributed by atoms with Gasteiger partial charge in [0.05, 0.1) is 11.2 Å². The lowest BCUT2D eigenvalue weighted by Crippen LogP contribution is -2.63. The van der Waals surface area contributed by atoms with E-state index in [1.54, 1.807) is 0 Å². The molecule has 0 amide bonds. The van der Waals surface area contributed by atoms with Gasteiger partial charge in [-0.3, -0.25) is 0 Å². The van der Waals surface area contributed by atoms with Gasteiger partial charge in [-0.15, -0.1) is 0 Å². The Morgan fingerprint density at radius 2 is 1.62 bits per heavy atom. The largest absolute Gasteiger partial charge is 0.390 e. The van der Waals surface area contributed by atoms with Gasteiger partial charge in [0.2, 0.25) is 0 Å². The summed E-state index contributed by atoms with van der Waals surface area (Å²) in [5.74, 6) is 1.98. The Kier molecular flexibility index (Phi) is 2.23. The first-order valence-electron chi connectivity index (χ1n) is 6.86. The summed E-state index contributed by atoms with van der Waals surface area (Å²) in [6.45, 7) is 4.38. The van der Waals surface area contributed by atoms with Gasteiger partial charge in [-0.1, -0.05) is 13.8 Å². The first-order valence-corrected chi connectivity index (χ1v) is 6.86. The monoisotopic (exact) mass is 224 g/mol. The summed E-state index contributed by atoms with van der Waals surface area (Å²) in [6.07, 6.45) is 5.93. The van der Waals surface area contributed by atoms with Crippen LogP contribution in [0.25, 0.3) is 0 Å². The predicted molar refractivity (Wildman–Crippen MR) is 62.9 cm³/mol. The zero-order valence-corrected chi connectivity index (χ0v) is 10.4. The fourth-order valence-corrected chi connectivity index (χ4v) is 5.02. The molecule has 0 spiro atoms. The van der Waals surface area contributed by atoms with Crippen LogP contribution >= 0.6 is 0 Å². The second-order valence-corrected chi connectivity index (χ2v) is 7.16. The van der Waals surface area contributed by atoms with E-state index in [0.29, 0.717) is 23.7 Å². The van der Waals surface area contributed by atoms with Gasteiger partial charge in [-0.2, -0.15) is 0 Å². The molecule has 0 aliphatic heterocycles. The van der Waals surface area contributed by atoms with Crippen molar-refractivity contribution in [2.45, 2.75) is 63.6 Å². The van der Waals surface area contributed by atoms with E-state index >= 15 is 0 Å². The molecule has 0 aromatic heterocycles. The van der Waals surface area contributed by atoms with Gasteiger partial charge >= 0.3 is 0 Å². The molecule has 2 unspecified atom stereocenters. The van der Waals surface area contributed by atoms with Crippen LogP contribution in [-0.4, -0.2) is 21.4 Å². The van der Waals surface area contributed by atoms with Crippen LogP contribution in [0.15, 0.2) is 0 Å². The Labute approximate surface area is 98.1 Å². The van der Waals surface area contributed by atoms with Crippen molar-refractivity contribution in [3.63, 3.8) is 0 Å². The van der Waals surface area contributed by atoms with Crippen LogP contribution in [0.1, 0.15) is 52.4 Å². The van der Waals surface area contributed by atoms with Crippen molar-refractivity contribution in [3.05, 3.63) is 0 Å². The van der Waals surface area contributed by atoms with Crippen LogP contribution in [0.3, 0.4) is 0 Å². The summed E-state index contributed by atoms with van der Waals surface area (Å²) in [4.78, 5) is 0. The van der Waals surface area contributed by atoms with Crippen LogP contribution in [-0.2, 0) is 0 Å². The summed E-state index contributed by atoms with van der Waals surface area (Å²) in [7, 11) is 0. The summed E-state index contributed by atoms with van der Waals surface area (Å²) >= 11 is 0. The van der Waals surface area contributed by atoms with Crippen LogP contribution < -0.4 is 0 Å². The Balaban J connectivity index is 1.88. The first-order chi connectivity index (χ1) is 7.41. The topological polar surface area (TPSA) is 40.5 Å². The van der Waals surface area contributed by atoms with E-state index < -0.39 is 11.2 Å². The number of rotatable bonds is 2. The summed E-state index contributed by atoms with van der Waals surface area (Å²) < 4.78 is 0. The Bertz CT molecular complexity index is 281. The van der Waals surface area contributed by atoms with Crippen LogP contribution in [0.2, 0.25) is 0 Å². The number of hydrogen-bond acceptors (Lipinski definition) is 2. The lowest BCUT2D eigenvalue weighted by molar-refractivity contribution is -0.231. The van der Waals surface area contributed by atoms with Crippen molar-refractivity contribution in [2.75, 3.05) is 0 Å². The molecule has 92 valence electrons. The lowest BCUT2D eigenvalue weighted by Gasteiger charge is -2.62. The molecule has 0 heterocycles. The predicted octanol–water partition coefficient (Wildman–Crippen LogP) is 2.33. The minimum Gasteiger partial charge on any atom is -0.390 e. The highest BCUT2D eigenvalue weighted by Crippen LogP contribution is 2.61. The van der Waals surface area contributed by atoms with Gasteiger partial charge in [0.1, 0.15) is 0 Å². The average molecular weight is 224 g/mol. The molecule has 4 saturated carbocycles. The Morgan fingerprint density at radius 1 is 1.06 bits per heavy atom. The Hall–Kier alpha value is -0.0800. The third-order valence-corrected chi connectivity index (χ3v) is 5.31. The highest BCUT2D eigenvalue weighted by atomic mass is 16.3. The van der Waals surface area contributed by atoms with Gasteiger partial charge in [0, 0.05) is 0 Å². The molecule has 4 bridgehead atoms. The van der Waals surface area contributed by atoms with Gasteiger partial charge in [0.15, 0.2) is 0 Å². The molecule has 0 aromatic rings. The van der Waals surface area contributed by atoms with Gasteiger partial charge in [-0.05, 0) is 62.2 Å². The van der Waals surface area contributed by atoms with E-state index in [1.807, 2.05) is 0 Å². The van der Waals surface area contributed by atoms with Gasteiger partial charge in [0.25, 0.3) is 0 Å². The molecule has 4 aliphatic rings. The van der Waals surface area contributed by atoms with E-state index in [1.165, 1.54) is 0 Å². The quantitative estimate of drug-likeness (QED) is 0.756. The van der Waals surface area contributed by atoms with E-state index in [0.717, 1.165) is 38.5 Å². The van der Waals surface area contributed by atoms with Crippen molar-refractivity contribution in [3.8, 4) is 0 Å². The fourth-order valence-electron chi connectivity index (χ4n) is 5.02. The van der Waals surface area contributed by atoms with E-state index in [-0.39, 0.29) is 0 Å². The molecule has 4 aliphatic carbocycles. The lowest BCUT2D eigenvalue weighted by atomic mass is 9.47. The molecule has 4 fully saturated rings. The highest BCUT2D eigenvalue weighted by Gasteiger charge is 2.61. The highest BCUT2D eigenvalue weighted by molar-refractivity contribution is 5.12. The SMILES string of the molecule is CC(C)CC1(O)C2CC3CC1CC(O)(C3)C2. The molecule has 2 nitrogen and oxygen atoms in total. The molecule has 2 N–H and O–H groups in total. The van der Waals surface area contributed by atoms with E-state index in [4.69, 9.17) is 0 Å². The summed E-state index contributed by atoms with van der Waals surface area (Å²) in [5.41, 5.74) is -0.878. The minimum absolute atomic E-state index is 0.367. The third-order valence-electron chi connectivity index (χ3n) is 5.31. The molecular weight excluding hydrogens is 200 g/mol. The molecule has 4 rings (SSSR count). The van der Waals surface area contributed by atoms with Crippen LogP contribution in [0, 0.1) is 23.7 Å². The van der Waals surface area contributed by atoms with Crippen LogP contribution in [0.5, 0.6) is 0 Å². The molecule has 2 heteroatoms. The van der Waals surface area contributed by atoms with Crippen LogP contribution in [0.4, 0.5) is 0 Å². The number of aliphatic hydroxyl groups is 2. The maximum Gasteiger partial charge on any atom is 0.0708 e. The zero-order valence-electron chi connectivity index (χ0n) is 10.4. The zero-order chi connectivity index (χ0) is 11.6. The second-order valence-electron chi connectivity index (χ2n) is 7.16. The fraction of sp³-hybridized carbons (Fsp3) is 1.00. The molecule has 2 atom stereocenters. The summed E-state index contributed by atoms with van der Waals surface area (Å²) in [6, 6.07) is 0. The smallest absolute Gasteiger partial charge is 0.0708 e. The van der Waals surface area contributed by atoms with Gasteiger partial charge in [-0.25, -0.2) is 0 Å². The van der Waals surface area contributed by atoms with Crippen molar-refractivity contribution >= 4 is 0 Å². The van der Waals surface area contributed by atoms with Crippen molar-refractivity contribution in [2.24, 2.45) is 23.7 Å². The number of hydrogen-bond donors (Lipinski definition) is 2. The normalized spacial score (nSPS) is 54.9. The molecular formula is C14H24O2. The Morgan fingerprint density at radius 3 is 2.06 bits per heavy atom.